The van der Waals surface area contributed by atoms with Gasteiger partial charge in [-0.05, 0) is 48.0 Å². The highest BCUT2D eigenvalue weighted by atomic mass is 35.5. The van der Waals surface area contributed by atoms with Crippen molar-refractivity contribution in [2.24, 2.45) is 0 Å². The van der Waals surface area contributed by atoms with Gasteiger partial charge in [-0.25, -0.2) is 12.8 Å². The van der Waals surface area contributed by atoms with Gasteiger partial charge in [0.2, 0.25) is 15.9 Å². The Hall–Kier alpha value is -3.25. The third kappa shape index (κ3) is 5.92. The first-order valence-corrected chi connectivity index (χ1v) is 11.4. The molecule has 0 aromatic heterocycles. The summed E-state index contributed by atoms with van der Waals surface area (Å²) in [5, 5.41) is 11.7. The lowest BCUT2D eigenvalue weighted by molar-refractivity contribution is -0.116. The summed E-state index contributed by atoms with van der Waals surface area (Å²) in [5.74, 6) is -1.16. The van der Waals surface area contributed by atoms with Crippen LogP contribution >= 0.6 is 11.6 Å². The van der Waals surface area contributed by atoms with Crippen LogP contribution in [0, 0.1) is 17.1 Å². The summed E-state index contributed by atoms with van der Waals surface area (Å²) in [5.41, 5.74) is 1.38. The first-order chi connectivity index (χ1) is 15.3. The van der Waals surface area contributed by atoms with Crippen LogP contribution < -0.4 is 5.32 Å². The number of rotatable bonds is 8. The maximum absolute atomic E-state index is 14.2. The number of hydrogen-bond acceptors (Lipinski definition) is 4. The molecule has 164 valence electrons. The van der Waals surface area contributed by atoms with Gasteiger partial charge in [-0.2, -0.15) is 9.57 Å². The molecule has 0 saturated heterocycles. The zero-order chi connectivity index (χ0) is 23.1. The number of carbonyl (C=O) groups excluding carboxylic acids is 1. The van der Waals surface area contributed by atoms with Gasteiger partial charge in [0.05, 0.1) is 23.9 Å². The fourth-order valence-electron chi connectivity index (χ4n) is 2.96. The van der Waals surface area contributed by atoms with Crippen molar-refractivity contribution < 1.29 is 17.6 Å². The van der Waals surface area contributed by atoms with Gasteiger partial charge in [-0.15, -0.1) is 0 Å². The van der Waals surface area contributed by atoms with E-state index in [1.54, 1.807) is 30.3 Å². The summed E-state index contributed by atoms with van der Waals surface area (Å²) in [6, 6.07) is 20.0. The highest BCUT2D eigenvalue weighted by Crippen LogP contribution is 2.22. The molecule has 3 aromatic rings. The van der Waals surface area contributed by atoms with E-state index in [1.807, 2.05) is 6.07 Å². The number of carbonyl (C=O) groups is 1. The van der Waals surface area contributed by atoms with E-state index >= 15 is 0 Å². The number of benzene rings is 3. The molecule has 0 unspecified atom stereocenters. The van der Waals surface area contributed by atoms with E-state index in [4.69, 9.17) is 16.9 Å². The number of halogens is 2. The van der Waals surface area contributed by atoms with Gasteiger partial charge in [0.1, 0.15) is 5.82 Å². The quantitative estimate of drug-likeness (QED) is 0.528. The molecule has 0 aliphatic rings. The highest BCUT2D eigenvalue weighted by Gasteiger charge is 2.27. The van der Waals surface area contributed by atoms with E-state index in [1.165, 1.54) is 42.5 Å². The number of nitrogens with zero attached hydrogens (tertiary/aromatic N) is 2. The summed E-state index contributed by atoms with van der Waals surface area (Å²) in [6.07, 6.45) is 0.240. The third-order valence-corrected chi connectivity index (χ3v) is 6.65. The van der Waals surface area contributed by atoms with Crippen LogP contribution in [0.2, 0.25) is 5.02 Å². The lowest BCUT2D eigenvalue weighted by Gasteiger charge is -2.22. The molecular weight excluding hydrogens is 453 g/mol. The van der Waals surface area contributed by atoms with Gasteiger partial charge in [-0.3, -0.25) is 4.79 Å². The van der Waals surface area contributed by atoms with Gasteiger partial charge in [0, 0.05) is 22.8 Å². The van der Waals surface area contributed by atoms with Gasteiger partial charge < -0.3 is 5.32 Å². The highest BCUT2D eigenvalue weighted by molar-refractivity contribution is 7.89. The molecule has 0 saturated carbocycles. The van der Waals surface area contributed by atoms with Gasteiger partial charge in [0.15, 0.2) is 0 Å². The smallest absolute Gasteiger partial charge is 0.243 e. The van der Waals surface area contributed by atoms with Gasteiger partial charge >= 0.3 is 0 Å². The van der Waals surface area contributed by atoms with Gasteiger partial charge in [-0.1, -0.05) is 41.9 Å². The zero-order valence-corrected chi connectivity index (χ0v) is 18.4. The van der Waals surface area contributed by atoms with Crippen molar-refractivity contribution in [2.45, 2.75) is 17.9 Å². The molecule has 0 fully saturated rings. The molecule has 0 aliphatic heterocycles. The van der Waals surface area contributed by atoms with Crippen LogP contribution in [0.4, 0.5) is 10.1 Å². The Morgan fingerprint density at radius 3 is 2.31 bits per heavy atom. The first kappa shape index (κ1) is 23.4. The first-order valence-electron chi connectivity index (χ1n) is 9.54. The lowest BCUT2D eigenvalue weighted by atomic mass is 10.1. The van der Waals surface area contributed by atoms with E-state index in [-0.39, 0.29) is 23.4 Å². The molecule has 0 heterocycles. The Balaban J connectivity index is 1.84. The van der Waals surface area contributed by atoms with Crippen molar-refractivity contribution in [3.05, 3.63) is 94.8 Å². The topological polar surface area (TPSA) is 90.3 Å². The van der Waals surface area contributed by atoms with E-state index in [2.05, 4.69) is 5.32 Å². The number of anilines is 1. The Kier molecular flexibility index (Phi) is 7.59. The average molecular weight is 472 g/mol. The molecule has 9 heteroatoms. The zero-order valence-electron chi connectivity index (χ0n) is 16.8. The molecule has 3 rings (SSSR count). The Morgan fingerprint density at radius 1 is 1.03 bits per heavy atom. The van der Waals surface area contributed by atoms with Crippen LogP contribution in [-0.2, 0) is 27.8 Å². The predicted octanol–water partition coefficient (Wildman–Crippen LogP) is 4.37. The second-order valence-corrected chi connectivity index (χ2v) is 9.27. The van der Waals surface area contributed by atoms with Crippen LogP contribution in [0.1, 0.15) is 11.1 Å². The van der Waals surface area contributed by atoms with Crippen molar-refractivity contribution in [1.82, 2.24) is 4.31 Å². The Morgan fingerprint density at radius 2 is 1.69 bits per heavy atom. The molecule has 32 heavy (non-hydrogen) atoms. The average Bonchev–Trinajstić information content (AvgIpc) is 2.76. The Bertz CT molecular complexity index is 1240. The monoisotopic (exact) mass is 471 g/mol. The number of sulfonamides is 1. The standard InChI is InChI=1S/C23H19ClFN3O3S/c24-19-7-11-21(12-8-19)32(30,31)28(15-18-3-1-2-4-22(18)25)16-23(29)27-20-9-5-17(6-10-20)13-14-26/h1-12H,13,15-16H2,(H,27,29). The van der Waals surface area contributed by atoms with Crippen LogP contribution in [0.5, 0.6) is 0 Å². The summed E-state index contributed by atoms with van der Waals surface area (Å²) < 4.78 is 41.6. The second-order valence-electron chi connectivity index (χ2n) is 6.90. The Labute approximate surface area is 190 Å². The molecule has 0 bridgehead atoms. The molecule has 0 atom stereocenters. The summed E-state index contributed by atoms with van der Waals surface area (Å²) in [7, 11) is -4.12. The molecule has 1 N–H and O–H groups in total. The normalized spacial score (nSPS) is 11.2. The SMILES string of the molecule is N#CCc1ccc(NC(=O)CN(Cc2ccccc2F)S(=O)(=O)c2ccc(Cl)cc2)cc1. The largest absolute Gasteiger partial charge is 0.325 e. The predicted molar refractivity (Wildman–Crippen MR) is 120 cm³/mol. The summed E-state index contributed by atoms with van der Waals surface area (Å²) in [6.45, 7) is -0.856. The maximum Gasteiger partial charge on any atom is 0.243 e. The van der Waals surface area contributed by atoms with Crippen molar-refractivity contribution in [3.8, 4) is 6.07 Å². The fraction of sp³-hybridized carbons (Fsp3) is 0.130. The molecular formula is C23H19ClFN3O3S. The minimum absolute atomic E-state index is 0.0631. The lowest BCUT2D eigenvalue weighted by Crippen LogP contribution is -2.37. The van der Waals surface area contributed by atoms with Crippen LogP contribution in [0.15, 0.2) is 77.7 Å². The van der Waals surface area contributed by atoms with Crippen molar-refractivity contribution >= 4 is 33.2 Å². The number of nitrogens with one attached hydrogen (secondary N) is 1. The van der Waals surface area contributed by atoms with Crippen molar-refractivity contribution in [3.63, 3.8) is 0 Å². The third-order valence-electron chi connectivity index (χ3n) is 4.60. The van der Waals surface area contributed by atoms with Crippen LogP contribution in [-0.4, -0.2) is 25.2 Å². The molecule has 0 spiro atoms. The van der Waals surface area contributed by atoms with E-state index in [0.29, 0.717) is 10.7 Å². The molecule has 0 radical (unpaired) electrons. The molecule has 6 nitrogen and oxygen atoms in total. The van der Waals surface area contributed by atoms with E-state index in [0.717, 1.165) is 9.87 Å². The maximum atomic E-state index is 14.2. The summed E-state index contributed by atoms with van der Waals surface area (Å²) >= 11 is 5.86. The molecule has 3 aromatic carbocycles. The number of nitriles is 1. The number of amides is 1. The van der Waals surface area contributed by atoms with Crippen LogP contribution in [0.25, 0.3) is 0 Å². The fourth-order valence-corrected chi connectivity index (χ4v) is 4.46. The second kappa shape index (κ2) is 10.4. The molecule has 1 amide bonds. The summed E-state index contributed by atoms with van der Waals surface area (Å²) in [4.78, 5) is 12.6. The van der Waals surface area contributed by atoms with Crippen molar-refractivity contribution in [1.29, 1.82) is 5.26 Å². The minimum atomic E-state index is -4.12. The minimum Gasteiger partial charge on any atom is -0.325 e. The van der Waals surface area contributed by atoms with Crippen molar-refractivity contribution in [2.75, 3.05) is 11.9 Å². The van der Waals surface area contributed by atoms with E-state index in [9.17, 15) is 17.6 Å². The number of hydrogen-bond donors (Lipinski definition) is 1. The van der Waals surface area contributed by atoms with Crippen LogP contribution in [0.3, 0.4) is 0 Å². The van der Waals surface area contributed by atoms with E-state index < -0.39 is 28.3 Å². The van der Waals surface area contributed by atoms with Gasteiger partial charge in [0.25, 0.3) is 0 Å². The molecule has 0 aliphatic carbocycles.